The van der Waals surface area contributed by atoms with E-state index in [9.17, 15) is 4.79 Å². The first-order chi connectivity index (χ1) is 8.24. The number of piperazine rings is 1. The van der Waals surface area contributed by atoms with Gasteiger partial charge in [0.2, 0.25) is 5.91 Å². The molecule has 1 atom stereocenters. The molecule has 1 unspecified atom stereocenters. The lowest BCUT2D eigenvalue weighted by molar-refractivity contribution is -0.137. The van der Waals surface area contributed by atoms with Crippen LogP contribution in [0.4, 0.5) is 0 Å². The second-order valence-electron chi connectivity index (χ2n) is 5.41. The van der Waals surface area contributed by atoms with E-state index in [0.717, 1.165) is 38.5 Å². The van der Waals surface area contributed by atoms with Gasteiger partial charge in [-0.1, -0.05) is 6.92 Å². The molecule has 1 saturated carbocycles. The average molecular weight is 239 g/mol. The van der Waals surface area contributed by atoms with Crippen molar-refractivity contribution >= 4 is 5.91 Å². The van der Waals surface area contributed by atoms with Crippen molar-refractivity contribution in [2.75, 3.05) is 39.3 Å². The minimum Gasteiger partial charge on any atom is -0.340 e. The zero-order valence-electron chi connectivity index (χ0n) is 10.9. The zero-order valence-corrected chi connectivity index (χ0v) is 10.9. The lowest BCUT2D eigenvalue weighted by Crippen LogP contribution is -2.51. The highest BCUT2D eigenvalue weighted by molar-refractivity contribution is 5.79. The van der Waals surface area contributed by atoms with Crippen molar-refractivity contribution in [1.29, 1.82) is 0 Å². The molecule has 2 aliphatic rings. The van der Waals surface area contributed by atoms with Crippen molar-refractivity contribution in [3.05, 3.63) is 0 Å². The van der Waals surface area contributed by atoms with Crippen LogP contribution < -0.4 is 5.73 Å². The number of hydrogen-bond donors (Lipinski definition) is 1. The predicted molar refractivity (Wildman–Crippen MR) is 68.6 cm³/mol. The molecule has 98 valence electrons. The fourth-order valence-corrected chi connectivity index (χ4v) is 2.52. The second-order valence-corrected chi connectivity index (χ2v) is 5.41. The molecule has 1 aliphatic heterocycles. The van der Waals surface area contributed by atoms with E-state index in [2.05, 4.69) is 4.90 Å². The number of amides is 1. The van der Waals surface area contributed by atoms with E-state index >= 15 is 0 Å². The van der Waals surface area contributed by atoms with E-state index < -0.39 is 0 Å². The maximum Gasteiger partial charge on any atom is 0.227 e. The summed E-state index contributed by atoms with van der Waals surface area (Å²) < 4.78 is 0. The maximum absolute atomic E-state index is 12.1. The number of nitrogens with zero attached hydrogens (tertiary/aromatic N) is 2. The SMILES string of the molecule is CCC(CN)C(=O)N1CCN(CC2CC2)CC1. The van der Waals surface area contributed by atoms with E-state index in [-0.39, 0.29) is 11.8 Å². The molecule has 2 fully saturated rings. The summed E-state index contributed by atoms with van der Waals surface area (Å²) in [5.74, 6) is 1.25. The van der Waals surface area contributed by atoms with E-state index in [1.165, 1.54) is 19.4 Å². The zero-order chi connectivity index (χ0) is 12.3. The lowest BCUT2D eigenvalue weighted by Gasteiger charge is -2.36. The van der Waals surface area contributed by atoms with Crippen molar-refractivity contribution < 1.29 is 4.79 Å². The Hall–Kier alpha value is -0.610. The molecule has 0 aromatic carbocycles. The Morgan fingerprint density at radius 3 is 2.41 bits per heavy atom. The molecule has 0 aromatic heterocycles. The van der Waals surface area contributed by atoms with Gasteiger partial charge in [-0.05, 0) is 25.2 Å². The molecule has 1 heterocycles. The number of carbonyl (C=O) groups excluding carboxylic acids is 1. The van der Waals surface area contributed by atoms with Gasteiger partial charge in [-0.3, -0.25) is 9.69 Å². The molecular formula is C13H25N3O. The second kappa shape index (κ2) is 5.83. The largest absolute Gasteiger partial charge is 0.340 e. The molecule has 0 aromatic rings. The first-order valence-electron chi connectivity index (χ1n) is 6.95. The molecule has 1 saturated heterocycles. The molecule has 2 rings (SSSR count). The highest BCUT2D eigenvalue weighted by Crippen LogP contribution is 2.29. The van der Waals surface area contributed by atoms with Crippen molar-refractivity contribution in [3.8, 4) is 0 Å². The Morgan fingerprint density at radius 1 is 1.29 bits per heavy atom. The fraction of sp³-hybridized carbons (Fsp3) is 0.923. The van der Waals surface area contributed by atoms with Gasteiger partial charge >= 0.3 is 0 Å². The normalized spacial score (nSPS) is 23.8. The Kier molecular flexibility index (Phi) is 4.40. The van der Waals surface area contributed by atoms with E-state index in [4.69, 9.17) is 5.73 Å². The average Bonchev–Trinajstić information content (AvgIpc) is 3.15. The Labute approximate surface area is 104 Å². The van der Waals surface area contributed by atoms with E-state index in [0.29, 0.717) is 6.54 Å². The third-order valence-electron chi connectivity index (χ3n) is 4.02. The van der Waals surface area contributed by atoms with Gasteiger partial charge in [0.25, 0.3) is 0 Å². The number of rotatable bonds is 5. The maximum atomic E-state index is 12.1. The summed E-state index contributed by atoms with van der Waals surface area (Å²) in [6.07, 6.45) is 3.67. The molecule has 1 amide bonds. The number of carbonyl (C=O) groups is 1. The van der Waals surface area contributed by atoms with Crippen LogP contribution in [-0.4, -0.2) is 55.0 Å². The van der Waals surface area contributed by atoms with Crippen LogP contribution in [0.2, 0.25) is 0 Å². The minimum absolute atomic E-state index is 0.0324. The quantitative estimate of drug-likeness (QED) is 0.761. The van der Waals surface area contributed by atoms with Crippen LogP contribution in [0.3, 0.4) is 0 Å². The summed E-state index contributed by atoms with van der Waals surface area (Å²) in [5.41, 5.74) is 5.63. The van der Waals surface area contributed by atoms with Gasteiger partial charge in [-0.2, -0.15) is 0 Å². The Bertz CT molecular complexity index is 253. The molecule has 2 N–H and O–H groups in total. The summed E-state index contributed by atoms with van der Waals surface area (Å²) in [7, 11) is 0. The highest BCUT2D eigenvalue weighted by atomic mass is 16.2. The Balaban J connectivity index is 1.75. The topological polar surface area (TPSA) is 49.6 Å². The first kappa shape index (κ1) is 12.8. The summed E-state index contributed by atoms with van der Waals surface area (Å²) in [4.78, 5) is 16.6. The highest BCUT2D eigenvalue weighted by Gasteiger charge is 2.29. The monoisotopic (exact) mass is 239 g/mol. The van der Waals surface area contributed by atoms with Crippen LogP contribution in [0, 0.1) is 11.8 Å². The van der Waals surface area contributed by atoms with Crippen LogP contribution in [-0.2, 0) is 4.79 Å². The van der Waals surface area contributed by atoms with Crippen LogP contribution in [0.1, 0.15) is 26.2 Å². The molecule has 0 spiro atoms. The summed E-state index contributed by atoms with van der Waals surface area (Å²) in [6, 6.07) is 0. The van der Waals surface area contributed by atoms with Crippen LogP contribution >= 0.6 is 0 Å². The van der Waals surface area contributed by atoms with Gasteiger partial charge in [0.15, 0.2) is 0 Å². The van der Waals surface area contributed by atoms with E-state index in [1.807, 2.05) is 11.8 Å². The van der Waals surface area contributed by atoms with Crippen LogP contribution in [0.15, 0.2) is 0 Å². The third-order valence-corrected chi connectivity index (χ3v) is 4.02. The van der Waals surface area contributed by atoms with Crippen molar-refractivity contribution in [3.63, 3.8) is 0 Å². The number of nitrogens with two attached hydrogens (primary N) is 1. The van der Waals surface area contributed by atoms with Gasteiger partial charge in [0.1, 0.15) is 0 Å². The Morgan fingerprint density at radius 2 is 1.94 bits per heavy atom. The van der Waals surface area contributed by atoms with Crippen LogP contribution in [0.5, 0.6) is 0 Å². The molecular weight excluding hydrogens is 214 g/mol. The molecule has 0 bridgehead atoms. The number of hydrogen-bond acceptors (Lipinski definition) is 3. The summed E-state index contributed by atoms with van der Waals surface area (Å²) >= 11 is 0. The summed E-state index contributed by atoms with van der Waals surface area (Å²) in [6.45, 7) is 7.64. The lowest BCUT2D eigenvalue weighted by atomic mass is 10.0. The van der Waals surface area contributed by atoms with Crippen molar-refractivity contribution in [2.24, 2.45) is 17.6 Å². The minimum atomic E-state index is 0.0324. The summed E-state index contributed by atoms with van der Waals surface area (Å²) in [5, 5.41) is 0. The standard InChI is InChI=1S/C13H25N3O/c1-2-12(9-14)13(17)16-7-5-15(6-8-16)10-11-3-4-11/h11-12H,2-10,14H2,1H3. The molecule has 17 heavy (non-hydrogen) atoms. The van der Waals surface area contributed by atoms with Gasteiger partial charge < -0.3 is 10.6 Å². The van der Waals surface area contributed by atoms with Gasteiger partial charge in [-0.25, -0.2) is 0 Å². The smallest absolute Gasteiger partial charge is 0.227 e. The molecule has 0 radical (unpaired) electrons. The predicted octanol–water partition coefficient (Wildman–Crippen LogP) is 0.526. The van der Waals surface area contributed by atoms with Crippen molar-refractivity contribution in [1.82, 2.24) is 9.80 Å². The van der Waals surface area contributed by atoms with Gasteiger partial charge in [-0.15, -0.1) is 0 Å². The first-order valence-corrected chi connectivity index (χ1v) is 6.95. The molecule has 4 heteroatoms. The third kappa shape index (κ3) is 3.42. The molecule has 4 nitrogen and oxygen atoms in total. The van der Waals surface area contributed by atoms with Crippen LogP contribution in [0.25, 0.3) is 0 Å². The van der Waals surface area contributed by atoms with Gasteiger partial charge in [0.05, 0.1) is 5.92 Å². The van der Waals surface area contributed by atoms with Gasteiger partial charge in [0, 0.05) is 39.3 Å². The molecule has 1 aliphatic carbocycles. The van der Waals surface area contributed by atoms with E-state index in [1.54, 1.807) is 0 Å². The fourth-order valence-electron chi connectivity index (χ4n) is 2.52. The van der Waals surface area contributed by atoms with Crippen molar-refractivity contribution in [2.45, 2.75) is 26.2 Å².